The van der Waals surface area contributed by atoms with Crippen molar-refractivity contribution in [3.8, 4) is 5.75 Å². The van der Waals surface area contributed by atoms with Crippen molar-refractivity contribution in [1.29, 1.82) is 0 Å². The molecule has 6 heteroatoms. The Morgan fingerprint density at radius 2 is 1.56 bits per heavy atom. The number of amides is 2. The lowest BCUT2D eigenvalue weighted by Crippen LogP contribution is -2.55. The molecule has 0 aliphatic rings. The van der Waals surface area contributed by atoms with Crippen molar-refractivity contribution < 1.29 is 14.3 Å². The number of hydrogen-bond donors (Lipinski definition) is 1. The van der Waals surface area contributed by atoms with Gasteiger partial charge in [0.25, 0.3) is 5.91 Å². The molecule has 3 aromatic carbocycles. The van der Waals surface area contributed by atoms with Crippen molar-refractivity contribution in [2.75, 3.05) is 6.61 Å². The minimum Gasteiger partial charge on any atom is -0.484 e. The fourth-order valence-corrected chi connectivity index (χ4v) is 4.53. The molecule has 36 heavy (non-hydrogen) atoms. The van der Waals surface area contributed by atoms with Crippen LogP contribution in [-0.2, 0) is 22.6 Å². The molecule has 0 fully saturated rings. The van der Waals surface area contributed by atoms with E-state index in [1.807, 2.05) is 101 Å². The largest absolute Gasteiger partial charge is 0.484 e. The predicted octanol–water partition coefficient (Wildman–Crippen LogP) is 6.00. The summed E-state index contributed by atoms with van der Waals surface area (Å²) in [5.41, 5.74) is 3.59. The average Bonchev–Trinajstić information content (AvgIpc) is 2.79. The topological polar surface area (TPSA) is 58.6 Å². The van der Waals surface area contributed by atoms with E-state index in [9.17, 15) is 9.59 Å². The van der Waals surface area contributed by atoms with Gasteiger partial charge in [0.1, 0.15) is 11.8 Å². The van der Waals surface area contributed by atoms with Crippen molar-refractivity contribution in [3.63, 3.8) is 0 Å². The fourth-order valence-electron chi connectivity index (χ4n) is 4.08. The van der Waals surface area contributed by atoms with Crippen molar-refractivity contribution in [1.82, 2.24) is 10.2 Å². The Balaban J connectivity index is 1.94. The van der Waals surface area contributed by atoms with Gasteiger partial charge in [-0.25, -0.2) is 0 Å². The van der Waals surface area contributed by atoms with Crippen LogP contribution in [0.15, 0.2) is 77.3 Å². The summed E-state index contributed by atoms with van der Waals surface area (Å²) in [6.45, 7) is 9.92. The van der Waals surface area contributed by atoms with Gasteiger partial charge in [-0.2, -0.15) is 0 Å². The highest BCUT2D eigenvalue weighted by atomic mass is 79.9. The third kappa shape index (κ3) is 8.52. The molecule has 0 spiro atoms. The average molecular weight is 552 g/mol. The lowest BCUT2D eigenvalue weighted by atomic mass is 10.0. The van der Waals surface area contributed by atoms with Crippen molar-refractivity contribution in [2.45, 2.75) is 59.2 Å². The number of carbonyl (C=O) groups is 2. The van der Waals surface area contributed by atoms with E-state index >= 15 is 0 Å². The van der Waals surface area contributed by atoms with Crippen LogP contribution >= 0.6 is 15.9 Å². The van der Waals surface area contributed by atoms with Gasteiger partial charge in [-0.1, -0.05) is 64.5 Å². The van der Waals surface area contributed by atoms with Crippen LogP contribution in [0.1, 0.15) is 43.0 Å². The predicted molar refractivity (Wildman–Crippen MR) is 148 cm³/mol. The molecule has 0 aliphatic carbocycles. The first-order chi connectivity index (χ1) is 17.0. The molecule has 2 amide bonds. The Bertz CT molecular complexity index is 1170. The van der Waals surface area contributed by atoms with Gasteiger partial charge in [0.2, 0.25) is 5.91 Å². The number of aryl methyl sites for hydroxylation is 2. The number of ether oxygens (including phenoxy) is 1. The Kier molecular flexibility index (Phi) is 9.32. The lowest BCUT2D eigenvalue weighted by molar-refractivity contribution is -0.143. The van der Waals surface area contributed by atoms with Gasteiger partial charge in [-0.05, 0) is 81.1 Å². The number of nitrogens with one attached hydrogen (secondary N) is 1. The molecule has 5 nitrogen and oxygen atoms in total. The second-order valence-electron chi connectivity index (χ2n) is 10.2. The first-order valence-electron chi connectivity index (χ1n) is 12.1. The maximum atomic E-state index is 13.7. The Morgan fingerprint density at radius 1 is 0.917 bits per heavy atom. The van der Waals surface area contributed by atoms with Crippen LogP contribution in [0.3, 0.4) is 0 Å². The van der Waals surface area contributed by atoms with Crippen molar-refractivity contribution in [2.24, 2.45) is 0 Å². The van der Waals surface area contributed by atoms with Crippen LogP contribution < -0.4 is 10.1 Å². The summed E-state index contributed by atoms with van der Waals surface area (Å²) >= 11 is 3.52. The van der Waals surface area contributed by atoms with Crippen molar-refractivity contribution in [3.05, 3.63) is 99.5 Å². The molecule has 0 aromatic heterocycles. The molecule has 3 rings (SSSR count). The highest BCUT2D eigenvalue weighted by Crippen LogP contribution is 2.20. The molecule has 1 N–H and O–H groups in total. The number of halogens is 1. The van der Waals surface area contributed by atoms with Gasteiger partial charge >= 0.3 is 0 Å². The summed E-state index contributed by atoms with van der Waals surface area (Å²) in [5.74, 6) is 0.197. The number of hydrogen-bond acceptors (Lipinski definition) is 3. The van der Waals surface area contributed by atoms with Crippen LogP contribution in [0.25, 0.3) is 0 Å². The van der Waals surface area contributed by atoms with E-state index in [1.165, 1.54) is 0 Å². The highest BCUT2D eigenvalue weighted by Gasteiger charge is 2.32. The molecule has 0 heterocycles. The molecular formula is C30H35BrN2O3. The zero-order valence-electron chi connectivity index (χ0n) is 21.7. The second-order valence-corrected chi connectivity index (χ2v) is 11.1. The number of nitrogens with zero attached hydrogens (tertiary/aromatic N) is 1. The van der Waals surface area contributed by atoms with E-state index in [1.54, 1.807) is 4.90 Å². The summed E-state index contributed by atoms with van der Waals surface area (Å²) in [6.07, 6.45) is 0.395. The highest BCUT2D eigenvalue weighted by molar-refractivity contribution is 9.10. The van der Waals surface area contributed by atoms with Crippen LogP contribution in [0, 0.1) is 13.8 Å². The van der Waals surface area contributed by atoms with Gasteiger partial charge in [0, 0.05) is 23.0 Å². The first-order valence-corrected chi connectivity index (χ1v) is 12.9. The molecule has 0 unspecified atom stereocenters. The molecule has 1 atom stereocenters. The summed E-state index contributed by atoms with van der Waals surface area (Å²) in [4.78, 5) is 28.9. The van der Waals surface area contributed by atoms with E-state index in [-0.39, 0.29) is 25.0 Å². The van der Waals surface area contributed by atoms with Crippen LogP contribution in [-0.4, -0.2) is 34.9 Å². The Labute approximate surface area is 223 Å². The zero-order chi connectivity index (χ0) is 26.3. The zero-order valence-corrected chi connectivity index (χ0v) is 23.3. The van der Waals surface area contributed by atoms with E-state index < -0.39 is 11.6 Å². The normalized spacial score (nSPS) is 12.1. The summed E-state index contributed by atoms with van der Waals surface area (Å²) < 4.78 is 6.84. The SMILES string of the molecule is Cc1cc(C)cc(OCC(=O)N(Cc2cccc(Br)c2)[C@H](Cc2ccccc2)C(=O)NC(C)(C)C)c1. The molecule has 190 valence electrons. The monoisotopic (exact) mass is 550 g/mol. The summed E-state index contributed by atoms with van der Waals surface area (Å²) in [6, 6.07) is 22.7. The molecular weight excluding hydrogens is 516 g/mol. The minimum absolute atomic E-state index is 0.162. The quantitative estimate of drug-likeness (QED) is 0.355. The molecule has 0 aliphatic heterocycles. The van der Waals surface area contributed by atoms with Gasteiger partial charge in [0.05, 0.1) is 0 Å². The number of benzene rings is 3. The molecule has 0 radical (unpaired) electrons. The first kappa shape index (κ1) is 27.5. The molecule has 0 saturated carbocycles. The maximum Gasteiger partial charge on any atom is 0.261 e. The van der Waals surface area contributed by atoms with Gasteiger partial charge in [0.15, 0.2) is 6.61 Å². The maximum absolute atomic E-state index is 13.7. The van der Waals surface area contributed by atoms with Gasteiger partial charge in [-0.3, -0.25) is 9.59 Å². The van der Waals surface area contributed by atoms with E-state index in [0.717, 1.165) is 26.7 Å². The number of rotatable bonds is 9. The number of carbonyl (C=O) groups excluding carboxylic acids is 2. The van der Waals surface area contributed by atoms with Crippen LogP contribution in [0.4, 0.5) is 0 Å². The van der Waals surface area contributed by atoms with Gasteiger partial charge < -0.3 is 15.0 Å². The molecule has 3 aromatic rings. The fraction of sp³-hybridized carbons (Fsp3) is 0.333. The van der Waals surface area contributed by atoms with E-state index in [0.29, 0.717) is 12.2 Å². The van der Waals surface area contributed by atoms with Crippen LogP contribution in [0.2, 0.25) is 0 Å². The lowest BCUT2D eigenvalue weighted by Gasteiger charge is -2.33. The molecule has 0 saturated heterocycles. The van der Waals surface area contributed by atoms with Gasteiger partial charge in [-0.15, -0.1) is 0 Å². The Morgan fingerprint density at radius 3 is 2.17 bits per heavy atom. The van der Waals surface area contributed by atoms with E-state index in [4.69, 9.17) is 4.74 Å². The third-order valence-electron chi connectivity index (χ3n) is 5.57. The summed E-state index contributed by atoms with van der Waals surface area (Å²) in [7, 11) is 0. The summed E-state index contributed by atoms with van der Waals surface area (Å²) in [5, 5.41) is 3.08. The standard InChI is InChI=1S/C30H35BrN2O3/c1-21-14-22(2)16-26(15-21)36-20-28(34)33(19-24-12-9-13-25(31)17-24)27(29(35)32-30(3,4)5)18-23-10-7-6-8-11-23/h6-17,27H,18-20H2,1-5H3,(H,32,35)/t27-/m1/s1. The minimum atomic E-state index is -0.707. The van der Waals surface area contributed by atoms with Crippen molar-refractivity contribution >= 4 is 27.7 Å². The third-order valence-corrected chi connectivity index (χ3v) is 6.06. The Hall–Kier alpha value is -3.12. The van der Waals surface area contributed by atoms with E-state index in [2.05, 4.69) is 27.3 Å². The smallest absolute Gasteiger partial charge is 0.261 e. The second kappa shape index (κ2) is 12.2. The van der Waals surface area contributed by atoms with Crippen LogP contribution in [0.5, 0.6) is 5.75 Å². The molecule has 0 bridgehead atoms.